The van der Waals surface area contributed by atoms with Crippen molar-refractivity contribution >= 4 is 39.3 Å². The van der Waals surface area contributed by atoms with Crippen LogP contribution < -0.4 is 10.6 Å². The molecule has 3 aromatic carbocycles. The maximum absolute atomic E-state index is 12.2. The summed E-state index contributed by atoms with van der Waals surface area (Å²) >= 11 is 3.34. The predicted molar refractivity (Wildman–Crippen MR) is 107 cm³/mol. The summed E-state index contributed by atoms with van der Waals surface area (Å²) in [5, 5.41) is 24.8. The predicted octanol–water partition coefficient (Wildman–Crippen LogP) is 5.16. The Labute approximate surface area is 163 Å². The van der Waals surface area contributed by atoms with Gasteiger partial charge < -0.3 is 20.8 Å². The van der Waals surface area contributed by atoms with E-state index in [1.165, 1.54) is 18.2 Å². The number of amides is 2. The van der Waals surface area contributed by atoms with Crippen LogP contribution in [0.3, 0.4) is 0 Å². The number of rotatable bonds is 4. The second-order valence-corrected chi connectivity index (χ2v) is 6.50. The Kier molecular flexibility index (Phi) is 5.42. The van der Waals surface area contributed by atoms with E-state index in [9.17, 15) is 19.8 Å². The van der Waals surface area contributed by atoms with Gasteiger partial charge in [0.2, 0.25) is 0 Å². The van der Waals surface area contributed by atoms with Crippen molar-refractivity contribution in [3.05, 3.63) is 76.8 Å². The molecular formula is C20H15BrN2O4. The van der Waals surface area contributed by atoms with E-state index in [4.69, 9.17) is 0 Å². The number of phenols is 1. The highest BCUT2D eigenvalue weighted by molar-refractivity contribution is 9.10. The quantitative estimate of drug-likeness (QED) is 0.432. The monoisotopic (exact) mass is 426 g/mol. The number of carboxylic acid groups (broad SMARTS) is 1. The summed E-state index contributed by atoms with van der Waals surface area (Å²) in [5.41, 5.74) is 1.92. The molecule has 6 nitrogen and oxygen atoms in total. The summed E-state index contributed by atoms with van der Waals surface area (Å²) in [6.07, 6.45) is 0. The van der Waals surface area contributed by atoms with Gasteiger partial charge in [-0.2, -0.15) is 0 Å². The number of anilines is 2. The molecule has 0 aliphatic rings. The minimum Gasteiger partial charge on any atom is -0.506 e. The zero-order valence-corrected chi connectivity index (χ0v) is 15.5. The molecule has 7 heteroatoms. The summed E-state index contributed by atoms with van der Waals surface area (Å²) in [6.45, 7) is 0. The van der Waals surface area contributed by atoms with Gasteiger partial charge in [-0.3, -0.25) is 0 Å². The second-order valence-electron chi connectivity index (χ2n) is 5.64. The lowest BCUT2D eigenvalue weighted by molar-refractivity contribution is 0.0697. The normalized spacial score (nSPS) is 10.3. The van der Waals surface area contributed by atoms with E-state index in [0.717, 1.165) is 4.47 Å². The molecule has 136 valence electrons. The molecule has 3 rings (SSSR count). The Hall–Kier alpha value is -3.32. The Morgan fingerprint density at radius 3 is 2.22 bits per heavy atom. The van der Waals surface area contributed by atoms with Gasteiger partial charge in [-0.15, -0.1) is 0 Å². The first-order valence-corrected chi connectivity index (χ1v) is 8.73. The fraction of sp³-hybridized carbons (Fsp3) is 0. The zero-order valence-electron chi connectivity index (χ0n) is 13.9. The number of carboxylic acids is 1. The number of halogens is 1. The van der Waals surface area contributed by atoms with Gasteiger partial charge in [0.05, 0.1) is 16.9 Å². The molecule has 4 N–H and O–H groups in total. The molecule has 2 amide bonds. The third kappa shape index (κ3) is 4.27. The van der Waals surface area contributed by atoms with E-state index in [2.05, 4.69) is 26.6 Å². The number of aromatic hydroxyl groups is 1. The van der Waals surface area contributed by atoms with E-state index in [0.29, 0.717) is 16.8 Å². The SMILES string of the molecule is O=C(Nc1ccc(-c2ccccc2C(=O)O)cc1O)Nc1ccccc1Br. The molecule has 0 unspecified atom stereocenters. The highest BCUT2D eigenvalue weighted by Crippen LogP contribution is 2.32. The van der Waals surface area contributed by atoms with Crippen LogP contribution in [-0.2, 0) is 0 Å². The van der Waals surface area contributed by atoms with Crippen LogP contribution in [0.1, 0.15) is 10.4 Å². The third-order valence-corrected chi connectivity index (χ3v) is 4.53. The van der Waals surface area contributed by atoms with Crippen molar-refractivity contribution in [1.82, 2.24) is 0 Å². The average Bonchev–Trinajstić information content (AvgIpc) is 2.65. The lowest BCUT2D eigenvalue weighted by Crippen LogP contribution is -2.19. The van der Waals surface area contributed by atoms with Crippen LogP contribution >= 0.6 is 15.9 Å². The number of carbonyl (C=O) groups excluding carboxylic acids is 1. The number of benzene rings is 3. The second kappa shape index (κ2) is 7.92. The van der Waals surface area contributed by atoms with E-state index >= 15 is 0 Å². The number of hydrogen-bond acceptors (Lipinski definition) is 3. The van der Waals surface area contributed by atoms with Gasteiger partial charge in [0, 0.05) is 4.47 Å². The third-order valence-electron chi connectivity index (χ3n) is 3.84. The van der Waals surface area contributed by atoms with Crippen molar-refractivity contribution in [2.24, 2.45) is 0 Å². The molecule has 0 heterocycles. The molecule has 0 atom stereocenters. The Morgan fingerprint density at radius 2 is 1.52 bits per heavy atom. The van der Waals surface area contributed by atoms with Gasteiger partial charge in [-0.05, 0) is 57.4 Å². The van der Waals surface area contributed by atoms with Gasteiger partial charge in [0.25, 0.3) is 0 Å². The van der Waals surface area contributed by atoms with Gasteiger partial charge in [0.1, 0.15) is 5.75 Å². The molecule has 0 radical (unpaired) electrons. The van der Waals surface area contributed by atoms with Gasteiger partial charge in [0.15, 0.2) is 0 Å². The summed E-state index contributed by atoms with van der Waals surface area (Å²) in [7, 11) is 0. The number of phenolic OH excluding ortho intramolecular Hbond substituents is 1. The minimum atomic E-state index is -1.06. The molecule has 3 aromatic rings. The molecule has 0 aliphatic heterocycles. The first-order valence-electron chi connectivity index (χ1n) is 7.94. The molecule has 0 saturated heterocycles. The van der Waals surface area contributed by atoms with Crippen LogP contribution in [0.4, 0.5) is 16.2 Å². The van der Waals surface area contributed by atoms with E-state index in [1.54, 1.807) is 42.5 Å². The fourth-order valence-electron chi connectivity index (χ4n) is 2.56. The van der Waals surface area contributed by atoms with Crippen molar-refractivity contribution in [3.8, 4) is 16.9 Å². The number of para-hydroxylation sites is 1. The number of urea groups is 1. The van der Waals surface area contributed by atoms with E-state index in [1.807, 2.05) is 6.07 Å². The number of aromatic carboxylic acids is 1. The largest absolute Gasteiger partial charge is 0.506 e. The number of carbonyl (C=O) groups is 2. The van der Waals surface area contributed by atoms with E-state index < -0.39 is 12.0 Å². The summed E-state index contributed by atoms with van der Waals surface area (Å²) < 4.78 is 0.727. The fourth-order valence-corrected chi connectivity index (χ4v) is 2.95. The van der Waals surface area contributed by atoms with Crippen molar-refractivity contribution in [2.75, 3.05) is 10.6 Å². The van der Waals surface area contributed by atoms with Crippen molar-refractivity contribution < 1.29 is 19.8 Å². The summed E-state index contributed by atoms with van der Waals surface area (Å²) in [5.74, 6) is -1.23. The average molecular weight is 427 g/mol. The van der Waals surface area contributed by atoms with Crippen LogP contribution in [0.5, 0.6) is 5.75 Å². The number of nitrogens with one attached hydrogen (secondary N) is 2. The first kappa shape index (κ1) is 18.5. The molecular weight excluding hydrogens is 412 g/mol. The van der Waals surface area contributed by atoms with Crippen LogP contribution in [0.25, 0.3) is 11.1 Å². The van der Waals surface area contributed by atoms with E-state index in [-0.39, 0.29) is 17.0 Å². The smallest absolute Gasteiger partial charge is 0.336 e. The molecule has 0 saturated carbocycles. The Morgan fingerprint density at radius 1 is 0.852 bits per heavy atom. The first-order chi connectivity index (χ1) is 13.0. The Bertz CT molecular complexity index is 1020. The summed E-state index contributed by atoms with van der Waals surface area (Å²) in [6, 6.07) is 17.7. The molecule has 0 aliphatic carbocycles. The standard InChI is InChI=1S/C20H15BrN2O4/c21-15-7-3-4-8-16(15)22-20(27)23-17-10-9-12(11-18(17)24)13-5-1-2-6-14(13)19(25)26/h1-11,24H,(H,25,26)(H2,22,23,27). The van der Waals surface area contributed by atoms with Gasteiger partial charge in [-0.1, -0.05) is 36.4 Å². The Balaban J connectivity index is 1.81. The van der Waals surface area contributed by atoms with Crippen LogP contribution in [0.15, 0.2) is 71.2 Å². The maximum atomic E-state index is 12.2. The molecule has 0 bridgehead atoms. The molecule has 27 heavy (non-hydrogen) atoms. The molecule has 0 spiro atoms. The van der Waals surface area contributed by atoms with Crippen LogP contribution in [-0.4, -0.2) is 22.2 Å². The highest BCUT2D eigenvalue weighted by atomic mass is 79.9. The van der Waals surface area contributed by atoms with Crippen LogP contribution in [0, 0.1) is 0 Å². The summed E-state index contributed by atoms with van der Waals surface area (Å²) in [4.78, 5) is 23.5. The van der Waals surface area contributed by atoms with Crippen molar-refractivity contribution in [1.29, 1.82) is 0 Å². The lowest BCUT2D eigenvalue weighted by Gasteiger charge is -2.12. The van der Waals surface area contributed by atoms with Gasteiger partial charge >= 0.3 is 12.0 Å². The van der Waals surface area contributed by atoms with Crippen molar-refractivity contribution in [3.63, 3.8) is 0 Å². The minimum absolute atomic E-state index is 0.129. The molecule has 0 aromatic heterocycles. The van der Waals surface area contributed by atoms with Crippen LogP contribution in [0.2, 0.25) is 0 Å². The highest BCUT2D eigenvalue weighted by Gasteiger charge is 2.13. The van der Waals surface area contributed by atoms with Crippen molar-refractivity contribution in [2.45, 2.75) is 0 Å². The molecule has 0 fully saturated rings. The lowest BCUT2D eigenvalue weighted by atomic mass is 9.99. The van der Waals surface area contributed by atoms with Gasteiger partial charge in [-0.25, -0.2) is 9.59 Å². The zero-order chi connectivity index (χ0) is 19.4. The number of hydrogen-bond donors (Lipinski definition) is 4. The maximum Gasteiger partial charge on any atom is 0.336 e. The topological polar surface area (TPSA) is 98.7 Å².